The van der Waals surface area contributed by atoms with Crippen molar-refractivity contribution < 1.29 is 19.4 Å². The smallest absolute Gasteiger partial charge is 0.258 e. The molecule has 0 atom stereocenters. The summed E-state index contributed by atoms with van der Waals surface area (Å²) in [5.41, 5.74) is 2.43. The van der Waals surface area contributed by atoms with Crippen LogP contribution in [0.25, 0.3) is 0 Å². The fourth-order valence-electron chi connectivity index (χ4n) is 2.83. The van der Waals surface area contributed by atoms with Crippen LogP contribution in [0.2, 0.25) is 0 Å². The number of amides is 1. The predicted octanol–water partition coefficient (Wildman–Crippen LogP) is 3.95. The van der Waals surface area contributed by atoms with Crippen LogP contribution in [-0.4, -0.2) is 24.7 Å². The largest absolute Gasteiger partial charge is 0.508 e. The molecule has 0 saturated carbocycles. The Morgan fingerprint density at radius 2 is 1.61 bits per heavy atom. The van der Waals surface area contributed by atoms with Crippen molar-refractivity contribution in [3.63, 3.8) is 0 Å². The standard InChI is InChI=1S/C23H23NO4/c1-27-20-8-5-9-21(28-16-18-6-3-2-4-7-18)22(20)23(26)24-15-14-17-10-12-19(25)13-11-17/h2-13,25H,14-16H2,1H3,(H,24,26). The first-order chi connectivity index (χ1) is 13.7. The molecule has 3 rings (SSSR count). The zero-order valence-corrected chi connectivity index (χ0v) is 15.7. The molecule has 1 amide bonds. The third-order valence-corrected chi connectivity index (χ3v) is 4.31. The van der Waals surface area contributed by atoms with E-state index in [-0.39, 0.29) is 11.7 Å². The van der Waals surface area contributed by atoms with Crippen LogP contribution < -0.4 is 14.8 Å². The summed E-state index contributed by atoms with van der Waals surface area (Å²) in [6.07, 6.45) is 0.654. The second-order valence-corrected chi connectivity index (χ2v) is 6.28. The Bertz CT molecular complexity index is 908. The molecule has 144 valence electrons. The third kappa shape index (κ3) is 5.04. The first-order valence-corrected chi connectivity index (χ1v) is 9.07. The average Bonchev–Trinajstić information content (AvgIpc) is 2.74. The van der Waals surface area contributed by atoms with E-state index in [1.54, 1.807) is 30.3 Å². The first-order valence-electron chi connectivity index (χ1n) is 9.07. The molecule has 3 aromatic carbocycles. The SMILES string of the molecule is COc1cccc(OCc2ccccc2)c1C(=O)NCCc1ccc(O)cc1. The molecule has 0 bridgehead atoms. The molecule has 0 fully saturated rings. The molecular weight excluding hydrogens is 354 g/mol. The van der Waals surface area contributed by atoms with E-state index >= 15 is 0 Å². The minimum absolute atomic E-state index is 0.224. The van der Waals surface area contributed by atoms with Crippen LogP contribution in [0.1, 0.15) is 21.5 Å². The zero-order valence-electron chi connectivity index (χ0n) is 15.7. The van der Waals surface area contributed by atoms with Gasteiger partial charge in [-0.1, -0.05) is 48.5 Å². The van der Waals surface area contributed by atoms with Gasteiger partial charge in [-0.25, -0.2) is 0 Å². The molecule has 0 unspecified atom stereocenters. The van der Waals surface area contributed by atoms with Crippen LogP contribution in [0.3, 0.4) is 0 Å². The summed E-state index contributed by atoms with van der Waals surface area (Å²) in [4.78, 5) is 12.8. The lowest BCUT2D eigenvalue weighted by Gasteiger charge is -2.15. The topological polar surface area (TPSA) is 67.8 Å². The van der Waals surface area contributed by atoms with E-state index in [4.69, 9.17) is 9.47 Å². The highest BCUT2D eigenvalue weighted by molar-refractivity contribution is 5.99. The summed E-state index contributed by atoms with van der Waals surface area (Å²) in [5.74, 6) is 0.916. The molecule has 0 aliphatic heterocycles. The van der Waals surface area contributed by atoms with E-state index in [2.05, 4.69) is 5.32 Å². The summed E-state index contributed by atoms with van der Waals surface area (Å²) in [6, 6.07) is 22.0. The number of hydrogen-bond donors (Lipinski definition) is 2. The molecule has 0 aromatic heterocycles. The van der Waals surface area contributed by atoms with E-state index in [1.165, 1.54) is 7.11 Å². The van der Waals surface area contributed by atoms with Gasteiger partial charge in [0.1, 0.15) is 29.4 Å². The Kier molecular flexibility index (Phi) is 6.52. The first kappa shape index (κ1) is 19.3. The lowest BCUT2D eigenvalue weighted by Crippen LogP contribution is -2.26. The summed E-state index contributed by atoms with van der Waals surface area (Å²) >= 11 is 0. The number of carbonyl (C=O) groups excluding carboxylic acids is 1. The van der Waals surface area contributed by atoms with Gasteiger partial charge in [-0.15, -0.1) is 0 Å². The maximum atomic E-state index is 12.8. The fraction of sp³-hybridized carbons (Fsp3) is 0.174. The Labute approximate surface area is 164 Å². The average molecular weight is 377 g/mol. The Morgan fingerprint density at radius 3 is 2.32 bits per heavy atom. The minimum atomic E-state index is -0.251. The van der Waals surface area contributed by atoms with Crippen molar-refractivity contribution in [1.29, 1.82) is 0 Å². The number of phenols is 1. The maximum Gasteiger partial charge on any atom is 0.258 e. The number of rotatable bonds is 8. The number of methoxy groups -OCH3 is 1. The van der Waals surface area contributed by atoms with Gasteiger partial charge in [0, 0.05) is 6.54 Å². The summed E-state index contributed by atoms with van der Waals surface area (Å²) in [6.45, 7) is 0.821. The molecule has 0 heterocycles. The van der Waals surface area contributed by atoms with Gasteiger partial charge >= 0.3 is 0 Å². The quantitative estimate of drug-likeness (QED) is 0.624. The van der Waals surface area contributed by atoms with Gasteiger partial charge in [0.05, 0.1) is 7.11 Å². The number of hydrogen-bond acceptors (Lipinski definition) is 4. The van der Waals surface area contributed by atoms with Crippen LogP contribution in [0.4, 0.5) is 0 Å². The van der Waals surface area contributed by atoms with Gasteiger partial charge < -0.3 is 19.9 Å². The van der Waals surface area contributed by atoms with E-state index in [0.717, 1.165) is 11.1 Å². The molecule has 3 aromatic rings. The molecular formula is C23H23NO4. The monoisotopic (exact) mass is 377 g/mol. The van der Waals surface area contributed by atoms with E-state index in [0.29, 0.717) is 36.6 Å². The van der Waals surface area contributed by atoms with Gasteiger partial charge in [-0.3, -0.25) is 4.79 Å². The normalized spacial score (nSPS) is 10.3. The lowest BCUT2D eigenvalue weighted by atomic mass is 10.1. The highest BCUT2D eigenvalue weighted by atomic mass is 16.5. The van der Waals surface area contributed by atoms with Crippen LogP contribution in [-0.2, 0) is 13.0 Å². The molecule has 0 radical (unpaired) electrons. The van der Waals surface area contributed by atoms with Crippen molar-refractivity contribution in [2.75, 3.05) is 13.7 Å². The summed E-state index contributed by atoms with van der Waals surface area (Å²) in [5, 5.41) is 12.3. The van der Waals surface area contributed by atoms with Crippen LogP contribution >= 0.6 is 0 Å². The van der Waals surface area contributed by atoms with Crippen LogP contribution in [0.5, 0.6) is 17.2 Å². The molecule has 0 saturated heterocycles. The summed E-state index contributed by atoms with van der Waals surface area (Å²) in [7, 11) is 1.53. The van der Waals surface area contributed by atoms with Crippen molar-refractivity contribution in [3.05, 3.63) is 89.5 Å². The van der Waals surface area contributed by atoms with Crippen molar-refractivity contribution in [2.45, 2.75) is 13.0 Å². The molecule has 2 N–H and O–H groups in total. The Balaban J connectivity index is 1.68. The minimum Gasteiger partial charge on any atom is -0.508 e. The number of carbonyl (C=O) groups is 1. The number of benzene rings is 3. The van der Waals surface area contributed by atoms with Gasteiger partial charge in [0.15, 0.2) is 0 Å². The maximum absolute atomic E-state index is 12.8. The van der Waals surface area contributed by atoms with E-state index < -0.39 is 0 Å². The molecule has 0 spiro atoms. The summed E-state index contributed by atoms with van der Waals surface area (Å²) < 4.78 is 11.3. The van der Waals surface area contributed by atoms with Crippen molar-refractivity contribution in [3.8, 4) is 17.2 Å². The lowest BCUT2D eigenvalue weighted by molar-refractivity contribution is 0.0946. The Hall–Kier alpha value is -3.47. The third-order valence-electron chi connectivity index (χ3n) is 4.31. The fourth-order valence-corrected chi connectivity index (χ4v) is 2.83. The van der Waals surface area contributed by atoms with Crippen molar-refractivity contribution in [2.24, 2.45) is 0 Å². The van der Waals surface area contributed by atoms with Crippen molar-refractivity contribution >= 4 is 5.91 Å². The van der Waals surface area contributed by atoms with Gasteiger partial charge in [0.25, 0.3) is 5.91 Å². The predicted molar refractivity (Wildman–Crippen MR) is 108 cm³/mol. The van der Waals surface area contributed by atoms with Gasteiger partial charge in [-0.05, 0) is 41.8 Å². The number of phenolic OH excluding ortho intramolecular Hbond substituents is 1. The second kappa shape index (κ2) is 9.46. The van der Waals surface area contributed by atoms with Crippen LogP contribution in [0, 0.1) is 0 Å². The molecule has 0 aliphatic carbocycles. The van der Waals surface area contributed by atoms with Crippen molar-refractivity contribution in [1.82, 2.24) is 5.32 Å². The van der Waals surface area contributed by atoms with Gasteiger partial charge in [0.2, 0.25) is 0 Å². The highest BCUT2D eigenvalue weighted by Gasteiger charge is 2.18. The number of ether oxygens (including phenoxy) is 2. The second-order valence-electron chi connectivity index (χ2n) is 6.28. The number of aromatic hydroxyl groups is 1. The molecule has 5 nitrogen and oxygen atoms in total. The number of nitrogens with one attached hydrogen (secondary N) is 1. The van der Waals surface area contributed by atoms with E-state index in [1.807, 2.05) is 42.5 Å². The molecule has 5 heteroatoms. The van der Waals surface area contributed by atoms with Crippen LogP contribution in [0.15, 0.2) is 72.8 Å². The Morgan fingerprint density at radius 1 is 0.893 bits per heavy atom. The van der Waals surface area contributed by atoms with E-state index in [9.17, 15) is 9.90 Å². The van der Waals surface area contributed by atoms with Gasteiger partial charge in [-0.2, -0.15) is 0 Å². The highest BCUT2D eigenvalue weighted by Crippen LogP contribution is 2.29. The molecule has 0 aliphatic rings. The zero-order chi connectivity index (χ0) is 19.8. The molecule has 28 heavy (non-hydrogen) atoms.